The highest BCUT2D eigenvalue weighted by Crippen LogP contribution is 2.31. The van der Waals surface area contributed by atoms with E-state index in [2.05, 4.69) is 4.74 Å². The van der Waals surface area contributed by atoms with Crippen LogP contribution in [-0.4, -0.2) is 24.2 Å². The Hall–Kier alpha value is -1.55. The van der Waals surface area contributed by atoms with Crippen molar-refractivity contribution in [3.8, 4) is 5.75 Å². The number of ether oxygens (including phenoxy) is 1. The van der Waals surface area contributed by atoms with Crippen molar-refractivity contribution in [2.24, 2.45) is 5.73 Å². The van der Waals surface area contributed by atoms with Crippen molar-refractivity contribution in [2.75, 3.05) is 7.11 Å². The van der Waals surface area contributed by atoms with Crippen LogP contribution >= 0.6 is 0 Å². The van der Waals surface area contributed by atoms with Gasteiger partial charge in [-0.25, -0.2) is 4.79 Å². The van der Waals surface area contributed by atoms with Gasteiger partial charge in [-0.05, 0) is 36.1 Å². The maximum absolute atomic E-state index is 11.3. The Labute approximate surface area is 87.7 Å². The molecule has 4 nitrogen and oxygen atoms in total. The smallest absolute Gasteiger partial charge is 0.337 e. The average molecular weight is 207 g/mol. The molecule has 0 bridgehead atoms. The fourth-order valence-corrected chi connectivity index (χ4v) is 1.99. The number of benzene rings is 1. The number of aromatic hydroxyl groups is 1. The standard InChI is InChI=1S/C11H13NO3/c1-15-11(14)7-2-6-3-8(12)5-9(6)10(13)4-7/h2,4,8,13H,3,5,12H2,1H3. The van der Waals surface area contributed by atoms with Crippen LogP contribution in [0.2, 0.25) is 0 Å². The van der Waals surface area contributed by atoms with Gasteiger partial charge in [-0.3, -0.25) is 0 Å². The third-order valence-electron chi connectivity index (χ3n) is 2.69. The van der Waals surface area contributed by atoms with Crippen LogP contribution in [0.1, 0.15) is 21.5 Å². The summed E-state index contributed by atoms with van der Waals surface area (Å²) in [6.07, 6.45) is 1.37. The Balaban J connectivity index is 2.44. The number of esters is 1. The number of carbonyl (C=O) groups is 1. The molecule has 0 radical (unpaired) electrons. The van der Waals surface area contributed by atoms with Gasteiger partial charge in [-0.15, -0.1) is 0 Å². The first-order chi connectivity index (χ1) is 7.11. The minimum atomic E-state index is -0.437. The van der Waals surface area contributed by atoms with E-state index in [1.54, 1.807) is 6.07 Å². The zero-order valence-electron chi connectivity index (χ0n) is 8.49. The van der Waals surface area contributed by atoms with Crippen LogP contribution < -0.4 is 5.73 Å². The van der Waals surface area contributed by atoms with E-state index >= 15 is 0 Å². The molecule has 80 valence electrons. The fourth-order valence-electron chi connectivity index (χ4n) is 1.99. The Bertz CT molecular complexity index is 415. The summed E-state index contributed by atoms with van der Waals surface area (Å²) < 4.78 is 4.60. The summed E-state index contributed by atoms with van der Waals surface area (Å²) in [6, 6.07) is 3.22. The van der Waals surface area contributed by atoms with Crippen LogP contribution in [0.4, 0.5) is 0 Å². The van der Waals surface area contributed by atoms with Gasteiger partial charge in [0.1, 0.15) is 5.75 Å². The molecular weight excluding hydrogens is 194 g/mol. The predicted molar refractivity (Wildman–Crippen MR) is 54.8 cm³/mol. The lowest BCUT2D eigenvalue weighted by atomic mass is 10.1. The maximum Gasteiger partial charge on any atom is 0.337 e. The molecule has 1 aromatic carbocycles. The van der Waals surface area contributed by atoms with Gasteiger partial charge in [0.2, 0.25) is 0 Å². The number of methoxy groups -OCH3 is 1. The molecule has 1 atom stereocenters. The predicted octanol–water partition coefficient (Wildman–Crippen LogP) is 0.605. The molecule has 1 aliphatic carbocycles. The third kappa shape index (κ3) is 1.68. The summed E-state index contributed by atoms with van der Waals surface area (Å²) in [7, 11) is 1.32. The minimum Gasteiger partial charge on any atom is -0.508 e. The normalized spacial score (nSPS) is 18.7. The summed E-state index contributed by atoms with van der Waals surface area (Å²) in [5.41, 5.74) is 7.97. The Morgan fingerprint density at radius 3 is 2.93 bits per heavy atom. The second-order valence-electron chi connectivity index (χ2n) is 3.79. The van der Waals surface area contributed by atoms with E-state index in [0.29, 0.717) is 18.4 Å². The first-order valence-corrected chi connectivity index (χ1v) is 4.80. The van der Waals surface area contributed by atoms with Crippen LogP contribution in [0.5, 0.6) is 5.75 Å². The van der Waals surface area contributed by atoms with Gasteiger partial charge in [0.15, 0.2) is 0 Å². The van der Waals surface area contributed by atoms with Gasteiger partial charge in [0.05, 0.1) is 12.7 Å². The van der Waals surface area contributed by atoms with E-state index in [0.717, 1.165) is 11.1 Å². The van der Waals surface area contributed by atoms with E-state index in [-0.39, 0.29) is 11.8 Å². The molecule has 1 aliphatic rings. The van der Waals surface area contributed by atoms with Crippen molar-refractivity contribution in [3.63, 3.8) is 0 Å². The Kier molecular flexibility index (Phi) is 2.36. The number of carbonyl (C=O) groups excluding carboxylic acids is 1. The monoisotopic (exact) mass is 207 g/mol. The molecule has 0 aliphatic heterocycles. The summed E-state index contributed by atoms with van der Waals surface area (Å²) in [5.74, 6) is -0.297. The summed E-state index contributed by atoms with van der Waals surface area (Å²) >= 11 is 0. The second-order valence-corrected chi connectivity index (χ2v) is 3.79. The molecular formula is C11H13NO3. The second kappa shape index (κ2) is 3.55. The molecule has 0 saturated carbocycles. The molecule has 0 heterocycles. The molecule has 4 heteroatoms. The fraction of sp³-hybridized carbons (Fsp3) is 0.364. The number of nitrogens with two attached hydrogens (primary N) is 1. The van der Waals surface area contributed by atoms with Gasteiger partial charge in [0.25, 0.3) is 0 Å². The van der Waals surface area contributed by atoms with E-state index in [1.165, 1.54) is 13.2 Å². The van der Waals surface area contributed by atoms with E-state index in [4.69, 9.17) is 5.73 Å². The molecule has 0 spiro atoms. The van der Waals surface area contributed by atoms with Crippen molar-refractivity contribution >= 4 is 5.97 Å². The number of hydrogen-bond donors (Lipinski definition) is 2. The van der Waals surface area contributed by atoms with Crippen molar-refractivity contribution in [1.29, 1.82) is 0 Å². The van der Waals surface area contributed by atoms with Gasteiger partial charge in [-0.1, -0.05) is 0 Å². The molecule has 0 saturated heterocycles. The van der Waals surface area contributed by atoms with Crippen molar-refractivity contribution in [2.45, 2.75) is 18.9 Å². The lowest BCUT2D eigenvalue weighted by molar-refractivity contribution is 0.0600. The highest BCUT2D eigenvalue weighted by atomic mass is 16.5. The lowest BCUT2D eigenvalue weighted by Crippen LogP contribution is -2.19. The van der Waals surface area contributed by atoms with Gasteiger partial charge < -0.3 is 15.6 Å². The largest absolute Gasteiger partial charge is 0.508 e. The summed E-state index contributed by atoms with van der Waals surface area (Å²) in [5, 5.41) is 9.71. The quantitative estimate of drug-likeness (QED) is 0.661. The van der Waals surface area contributed by atoms with Crippen LogP contribution in [0.3, 0.4) is 0 Å². The molecule has 15 heavy (non-hydrogen) atoms. The number of rotatable bonds is 1. The first-order valence-electron chi connectivity index (χ1n) is 4.80. The lowest BCUT2D eigenvalue weighted by Gasteiger charge is -2.05. The van der Waals surface area contributed by atoms with E-state index in [9.17, 15) is 9.90 Å². The van der Waals surface area contributed by atoms with Crippen LogP contribution in [0.25, 0.3) is 0 Å². The highest BCUT2D eigenvalue weighted by molar-refractivity contribution is 5.90. The van der Waals surface area contributed by atoms with Crippen molar-refractivity contribution < 1.29 is 14.6 Å². The van der Waals surface area contributed by atoms with E-state index < -0.39 is 5.97 Å². The van der Waals surface area contributed by atoms with Gasteiger partial charge in [0, 0.05) is 6.04 Å². The molecule has 3 N–H and O–H groups in total. The van der Waals surface area contributed by atoms with Crippen molar-refractivity contribution in [3.05, 3.63) is 28.8 Å². The number of phenols is 1. The molecule has 0 aromatic heterocycles. The molecule has 1 unspecified atom stereocenters. The molecule has 1 aromatic rings. The van der Waals surface area contributed by atoms with E-state index in [1.807, 2.05) is 0 Å². The third-order valence-corrected chi connectivity index (χ3v) is 2.69. The number of hydrogen-bond acceptors (Lipinski definition) is 4. The van der Waals surface area contributed by atoms with Crippen LogP contribution in [0.15, 0.2) is 12.1 Å². The SMILES string of the molecule is COC(=O)c1cc(O)c2c(c1)CC(N)C2. The topological polar surface area (TPSA) is 72.5 Å². The summed E-state index contributed by atoms with van der Waals surface area (Å²) in [4.78, 5) is 11.3. The number of phenolic OH excluding ortho intramolecular Hbond substituents is 1. The van der Waals surface area contributed by atoms with Gasteiger partial charge >= 0.3 is 5.97 Å². The van der Waals surface area contributed by atoms with Crippen LogP contribution in [0, 0.1) is 0 Å². The maximum atomic E-state index is 11.3. The molecule has 2 rings (SSSR count). The molecule has 0 amide bonds. The minimum absolute atomic E-state index is 0.0406. The Morgan fingerprint density at radius 2 is 2.27 bits per heavy atom. The first kappa shape index (κ1) is 9.98. The van der Waals surface area contributed by atoms with Crippen molar-refractivity contribution in [1.82, 2.24) is 0 Å². The zero-order chi connectivity index (χ0) is 11.0. The van der Waals surface area contributed by atoms with Gasteiger partial charge in [-0.2, -0.15) is 0 Å². The number of fused-ring (bicyclic) bond motifs is 1. The zero-order valence-corrected chi connectivity index (χ0v) is 8.49. The highest BCUT2D eigenvalue weighted by Gasteiger charge is 2.23. The van der Waals surface area contributed by atoms with Crippen LogP contribution in [-0.2, 0) is 17.6 Å². The summed E-state index contributed by atoms with van der Waals surface area (Å²) in [6.45, 7) is 0. The average Bonchev–Trinajstić information content (AvgIpc) is 2.58. The Morgan fingerprint density at radius 1 is 1.53 bits per heavy atom. The molecule has 0 fully saturated rings.